The molecule has 1 amide bonds. The van der Waals surface area contributed by atoms with E-state index in [1.54, 1.807) is 12.1 Å². The Bertz CT molecular complexity index is 533. The van der Waals surface area contributed by atoms with Crippen LogP contribution >= 0.6 is 0 Å². The fourth-order valence-electron chi connectivity index (χ4n) is 2.92. The third-order valence-corrected chi connectivity index (χ3v) is 4.45. The maximum Gasteiger partial charge on any atom is 0.329 e. The molecule has 0 unspecified atom stereocenters. The van der Waals surface area contributed by atoms with Crippen LogP contribution in [0.25, 0.3) is 0 Å². The van der Waals surface area contributed by atoms with Crippen LogP contribution < -0.4 is 5.32 Å². The van der Waals surface area contributed by atoms with Crippen LogP contribution in [0.2, 0.25) is 0 Å². The summed E-state index contributed by atoms with van der Waals surface area (Å²) < 4.78 is 0. The van der Waals surface area contributed by atoms with Gasteiger partial charge in [-0.1, -0.05) is 25.5 Å². The summed E-state index contributed by atoms with van der Waals surface area (Å²) in [6, 6.07) is 6.15. The van der Waals surface area contributed by atoms with Crippen molar-refractivity contribution in [2.45, 2.75) is 44.6 Å². The van der Waals surface area contributed by atoms with Gasteiger partial charge in [-0.3, -0.25) is 4.79 Å². The number of carbonyl (C=O) groups is 2. The summed E-state index contributed by atoms with van der Waals surface area (Å²) in [5, 5.41) is 21.9. The van der Waals surface area contributed by atoms with Gasteiger partial charge in [0.15, 0.2) is 0 Å². The minimum atomic E-state index is -1.22. The number of hydrogen-bond donors (Lipinski definition) is 3. The summed E-state index contributed by atoms with van der Waals surface area (Å²) in [7, 11) is 0. The van der Waals surface area contributed by atoms with E-state index in [1.807, 2.05) is 0 Å². The summed E-state index contributed by atoms with van der Waals surface area (Å²) in [6.07, 6.45) is 3.48. The summed E-state index contributed by atoms with van der Waals surface area (Å²) in [5.41, 5.74) is -1.11. The number of carboxylic acid groups (broad SMARTS) is 1. The smallest absolute Gasteiger partial charge is 0.329 e. The van der Waals surface area contributed by atoms with Crippen molar-refractivity contribution in [3.05, 3.63) is 29.8 Å². The van der Waals surface area contributed by atoms with E-state index < -0.39 is 17.4 Å². The third kappa shape index (κ3) is 3.17. The Morgan fingerprint density at radius 3 is 2.43 bits per heavy atom. The Labute approximate surface area is 124 Å². The molecule has 5 nitrogen and oxygen atoms in total. The molecule has 0 atom stereocenters. The number of carboxylic acids is 1. The Hall–Kier alpha value is -2.04. The fourth-order valence-corrected chi connectivity index (χ4v) is 2.92. The molecule has 1 aliphatic carbocycles. The second kappa shape index (κ2) is 6.16. The van der Waals surface area contributed by atoms with Crippen LogP contribution in [0.3, 0.4) is 0 Å². The zero-order valence-corrected chi connectivity index (χ0v) is 12.1. The van der Waals surface area contributed by atoms with Crippen LogP contribution in [-0.2, 0) is 4.79 Å². The molecule has 0 aromatic heterocycles. The summed E-state index contributed by atoms with van der Waals surface area (Å²) in [5.74, 6) is -1.15. The van der Waals surface area contributed by atoms with Crippen molar-refractivity contribution < 1.29 is 19.8 Å². The highest BCUT2D eigenvalue weighted by Crippen LogP contribution is 2.34. The van der Waals surface area contributed by atoms with Crippen molar-refractivity contribution in [2.24, 2.45) is 5.92 Å². The highest BCUT2D eigenvalue weighted by Gasteiger charge is 2.43. The lowest BCUT2D eigenvalue weighted by atomic mass is 9.75. The minimum absolute atomic E-state index is 0.107. The van der Waals surface area contributed by atoms with Crippen molar-refractivity contribution in [1.82, 2.24) is 5.32 Å². The molecular weight excluding hydrogens is 270 g/mol. The maximum absolute atomic E-state index is 12.3. The normalized spacial score (nSPS) is 25.3. The lowest BCUT2D eigenvalue weighted by Crippen LogP contribution is -2.56. The van der Waals surface area contributed by atoms with Gasteiger partial charge >= 0.3 is 5.97 Å². The quantitative estimate of drug-likeness (QED) is 0.795. The number of amides is 1. The van der Waals surface area contributed by atoms with Crippen LogP contribution in [0.5, 0.6) is 5.75 Å². The van der Waals surface area contributed by atoms with Gasteiger partial charge < -0.3 is 15.5 Å². The molecule has 0 bridgehead atoms. The zero-order chi connectivity index (χ0) is 15.5. The predicted octanol–water partition coefficient (Wildman–Crippen LogP) is 2.55. The van der Waals surface area contributed by atoms with Crippen LogP contribution in [0.1, 0.15) is 49.4 Å². The molecule has 114 valence electrons. The summed E-state index contributed by atoms with van der Waals surface area (Å²) in [6.45, 7) is 2.10. The molecule has 0 aliphatic heterocycles. The third-order valence-electron chi connectivity index (χ3n) is 4.45. The molecular formula is C16H21NO4. The summed E-state index contributed by atoms with van der Waals surface area (Å²) in [4.78, 5) is 23.9. The number of benzene rings is 1. The number of aliphatic carboxylic acids is 1. The lowest BCUT2D eigenvalue weighted by molar-refractivity contribution is -0.146. The number of phenols is 1. The highest BCUT2D eigenvalue weighted by molar-refractivity contribution is 5.99. The number of phenolic OH excluding ortho intramolecular Hbond substituents is 1. The number of para-hydroxylation sites is 1. The van der Waals surface area contributed by atoms with Gasteiger partial charge in [-0.2, -0.15) is 0 Å². The second-order valence-corrected chi connectivity index (χ2v) is 5.71. The molecule has 0 heterocycles. The highest BCUT2D eigenvalue weighted by atomic mass is 16.4. The van der Waals surface area contributed by atoms with Gasteiger partial charge in [0.1, 0.15) is 11.3 Å². The van der Waals surface area contributed by atoms with Gasteiger partial charge in [-0.25, -0.2) is 4.79 Å². The second-order valence-electron chi connectivity index (χ2n) is 5.71. The molecule has 1 fully saturated rings. The molecule has 1 aromatic carbocycles. The SMILES string of the molecule is CCC1CCC(NC(=O)c2ccccc2O)(C(=O)O)CC1. The lowest BCUT2D eigenvalue weighted by Gasteiger charge is -2.37. The predicted molar refractivity (Wildman–Crippen MR) is 78.2 cm³/mol. The van der Waals surface area contributed by atoms with Gasteiger partial charge in [0.2, 0.25) is 0 Å². The largest absolute Gasteiger partial charge is 0.507 e. The Kier molecular flexibility index (Phi) is 4.50. The number of carbonyl (C=O) groups excluding carboxylic acids is 1. The Balaban J connectivity index is 2.16. The molecule has 0 saturated heterocycles. The van der Waals surface area contributed by atoms with E-state index in [-0.39, 0.29) is 11.3 Å². The van der Waals surface area contributed by atoms with Gasteiger partial charge in [0, 0.05) is 0 Å². The maximum atomic E-state index is 12.3. The van der Waals surface area contributed by atoms with E-state index in [0.717, 1.165) is 19.3 Å². The Morgan fingerprint density at radius 2 is 1.90 bits per heavy atom. The van der Waals surface area contributed by atoms with Crippen molar-refractivity contribution >= 4 is 11.9 Å². The minimum Gasteiger partial charge on any atom is -0.507 e. The van der Waals surface area contributed by atoms with Crippen LogP contribution in [0.4, 0.5) is 0 Å². The van der Waals surface area contributed by atoms with Gasteiger partial charge in [0.05, 0.1) is 5.56 Å². The first-order valence-corrected chi connectivity index (χ1v) is 7.32. The van der Waals surface area contributed by atoms with E-state index in [1.165, 1.54) is 12.1 Å². The van der Waals surface area contributed by atoms with Gasteiger partial charge in [0.25, 0.3) is 5.91 Å². The fraction of sp³-hybridized carbons (Fsp3) is 0.500. The van der Waals surface area contributed by atoms with Crippen LogP contribution in [0, 0.1) is 5.92 Å². The van der Waals surface area contributed by atoms with E-state index in [4.69, 9.17) is 0 Å². The zero-order valence-electron chi connectivity index (χ0n) is 12.1. The Morgan fingerprint density at radius 1 is 1.29 bits per heavy atom. The molecule has 1 aliphatic rings. The number of aromatic hydroxyl groups is 1. The molecule has 2 rings (SSSR count). The van der Waals surface area contributed by atoms with Crippen molar-refractivity contribution in [3.63, 3.8) is 0 Å². The standard InChI is InChI=1S/C16H21NO4/c1-2-11-7-9-16(10-8-11,15(20)21)17-14(19)12-5-3-4-6-13(12)18/h3-6,11,18H,2,7-10H2,1H3,(H,17,19)(H,20,21). The van der Waals surface area contributed by atoms with Crippen LogP contribution in [-0.4, -0.2) is 27.6 Å². The van der Waals surface area contributed by atoms with E-state index in [2.05, 4.69) is 12.2 Å². The average Bonchev–Trinajstić information content (AvgIpc) is 2.48. The molecule has 0 radical (unpaired) electrons. The molecule has 5 heteroatoms. The van der Waals surface area contributed by atoms with Crippen molar-refractivity contribution in [3.8, 4) is 5.75 Å². The topological polar surface area (TPSA) is 86.6 Å². The van der Waals surface area contributed by atoms with Gasteiger partial charge in [-0.15, -0.1) is 0 Å². The van der Waals surface area contributed by atoms with E-state index in [0.29, 0.717) is 18.8 Å². The number of rotatable bonds is 4. The van der Waals surface area contributed by atoms with E-state index >= 15 is 0 Å². The molecule has 0 spiro atoms. The van der Waals surface area contributed by atoms with Gasteiger partial charge in [-0.05, 0) is 43.7 Å². The van der Waals surface area contributed by atoms with E-state index in [9.17, 15) is 19.8 Å². The van der Waals surface area contributed by atoms with Crippen molar-refractivity contribution in [1.29, 1.82) is 0 Å². The number of hydrogen-bond acceptors (Lipinski definition) is 3. The first kappa shape index (κ1) is 15.4. The molecule has 3 N–H and O–H groups in total. The number of nitrogens with one attached hydrogen (secondary N) is 1. The monoisotopic (exact) mass is 291 g/mol. The molecule has 1 aromatic rings. The molecule has 21 heavy (non-hydrogen) atoms. The summed E-state index contributed by atoms with van der Waals surface area (Å²) >= 11 is 0. The first-order valence-electron chi connectivity index (χ1n) is 7.32. The van der Waals surface area contributed by atoms with Crippen LogP contribution in [0.15, 0.2) is 24.3 Å². The molecule has 1 saturated carbocycles. The average molecular weight is 291 g/mol. The van der Waals surface area contributed by atoms with Crippen molar-refractivity contribution in [2.75, 3.05) is 0 Å². The first-order chi connectivity index (χ1) is 9.98.